The molecule has 3 N–H and O–H groups in total. The molecule has 1 aliphatic rings. The van der Waals surface area contributed by atoms with Crippen molar-refractivity contribution in [2.75, 3.05) is 12.3 Å². The minimum absolute atomic E-state index is 0.00187. The third-order valence-electron chi connectivity index (χ3n) is 3.30. The number of likely N-dealkylation sites (tertiary alicyclic amines) is 1. The van der Waals surface area contributed by atoms with Gasteiger partial charge in [0, 0.05) is 28.3 Å². The van der Waals surface area contributed by atoms with Crippen molar-refractivity contribution in [3.63, 3.8) is 0 Å². The molecule has 0 bridgehead atoms. The first-order valence-corrected chi connectivity index (χ1v) is 6.86. The van der Waals surface area contributed by atoms with Crippen LogP contribution >= 0.6 is 15.9 Å². The van der Waals surface area contributed by atoms with Crippen LogP contribution in [-0.4, -0.2) is 34.5 Å². The molecule has 1 amide bonds. The third kappa shape index (κ3) is 3.07. The number of nitrogens with zero attached hydrogens (tertiary/aromatic N) is 1. The highest BCUT2D eigenvalue weighted by Crippen LogP contribution is 2.25. The standard InChI is InChI=1S/C13H15BrN2O3/c14-10-6-8(3-4-11(10)15)13(19)16-5-1-2-9(16)7-12(17)18/h3-4,6,9H,1-2,5,7,15H2,(H,17,18). The lowest BCUT2D eigenvalue weighted by Gasteiger charge is -2.23. The minimum atomic E-state index is -0.872. The van der Waals surface area contributed by atoms with Crippen LogP contribution in [0.4, 0.5) is 5.69 Å². The SMILES string of the molecule is Nc1ccc(C(=O)N2CCCC2CC(=O)O)cc1Br. The number of hydrogen-bond donors (Lipinski definition) is 2. The van der Waals surface area contributed by atoms with Crippen molar-refractivity contribution in [3.8, 4) is 0 Å². The highest BCUT2D eigenvalue weighted by atomic mass is 79.9. The van der Waals surface area contributed by atoms with Crippen molar-refractivity contribution < 1.29 is 14.7 Å². The predicted molar refractivity (Wildman–Crippen MR) is 74.9 cm³/mol. The molecule has 0 spiro atoms. The summed E-state index contributed by atoms with van der Waals surface area (Å²) in [6, 6.07) is 4.80. The first-order chi connectivity index (χ1) is 8.99. The van der Waals surface area contributed by atoms with Gasteiger partial charge in [0.2, 0.25) is 0 Å². The summed E-state index contributed by atoms with van der Waals surface area (Å²) < 4.78 is 0.673. The number of carbonyl (C=O) groups excluding carboxylic acids is 1. The Morgan fingerprint density at radius 3 is 2.84 bits per heavy atom. The minimum Gasteiger partial charge on any atom is -0.481 e. The fourth-order valence-electron chi connectivity index (χ4n) is 2.34. The van der Waals surface area contributed by atoms with E-state index in [2.05, 4.69) is 15.9 Å². The van der Waals surface area contributed by atoms with Crippen LogP contribution in [0.1, 0.15) is 29.6 Å². The molecule has 1 aliphatic heterocycles. The molecule has 1 fully saturated rings. The second-order valence-corrected chi connectivity index (χ2v) is 5.48. The Hall–Kier alpha value is -1.56. The second kappa shape index (κ2) is 5.61. The molecule has 102 valence electrons. The summed E-state index contributed by atoms with van der Waals surface area (Å²) in [4.78, 5) is 24.8. The largest absolute Gasteiger partial charge is 0.481 e. The summed E-state index contributed by atoms with van der Waals surface area (Å²) in [5.74, 6) is -1.01. The van der Waals surface area contributed by atoms with Crippen molar-refractivity contribution in [1.82, 2.24) is 4.90 Å². The van der Waals surface area contributed by atoms with Gasteiger partial charge < -0.3 is 15.7 Å². The Kier molecular flexibility index (Phi) is 4.09. The van der Waals surface area contributed by atoms with Crippen LogP contribution in [0.5, 0.6) is 0 Å². The molecule has 2 rings (SSSR count). The molecule has 0 saturated carbocycles. The summed E-state index contributed by atoms with van der Waals surface area (Å²) in [5.41, 5.74) is 6.78. The highest BCUT2D eigenvalue weighted by Gasteiger charge is 2.30. The predicted octanol–water partition coefficient (Wildman–Crippen LogP) is 2.11. The molecule has 1 unspecified atom stereocenters. The molecule has 6 heteroatoms. The molecule has 0 aliphatic carbocycles. The number of carbonyl (C=O) groups is 2. The van der Waals surface area contributed by atoms with E-state index >= 15 is 0 Å². The number of rotatable bonds is 3. The van der Waals surface area contributed by atoms with E-state index in [1.807, 2.05) is 0 Å². The van der Waals surface area contributed by atoms with Gasteiger partial charge in [0.1, 0.15) is 0 Å². The fourth-order valence-corrected chi connectivity index (χ4v) is 2.72. The van der Waals surface area contributed by atoms with Gasteiger partial charge >= 0.3 is 5.97 Å². The average Bonchev–Trinajstić information content (AvgIpc) is 2.79. The van der Waals surface area contributed by atoms with Gasteiger partial charge in [-0.1, -0.05) is 0 Å². The van der Waals surface area contributed by atoms with Gasteiger partial charge in [-0.05, 0) is 47.0 Å². The Morgan fingerprint density at radius 2 is 2.21 bits per heavy atom. The maximum absolute atomic E-state index is 12.4. The quantitative estimate of drug-likeness (QED) is 0.833. The molecular formula is C13H15BrN2O3. The Labute approximate surface area is 119 Å². The normalized spacial score (nSPS) is 18.6. The van der Waals surface area contributed by atoms with Crippen LogP contribution in [0.2, 0.25) is 0 Å². The maximum Gasteiger partial charge on any atom is 0.305 e. The number of halogens is 1. The lowest BCUT2D eigenvalue weighted by atomic mass is 10.1. The fraction of sp³-hybridized carbons (Fsp3) is 0.385. The first kappa shape index (κ1) is 13.9. The molecule has 1 saturated heterocycles. The molecule has 1 aromatic carbocycles. The van der Waals surface area contributed by atoms with Crippen LogP contribution in [0.3, 0.4) is 0 Å². The van der Waals surface area contributed by atoms with E-state index in [9.17, 15) is 9.59 Å². The molecule has 1 aromatic rings. The zero-order chi connectivity index (χ0) is 14.0. The number of anilines is 1. The molecular weight excluding hydrogens is 312 g/mol. The van der Waals surface area contributed by atoms with Gasteiger partial charge in [-0.3, -0.25) is 9.59 Å². The number of aliphatic carboxylic acids is 1. The van der Waals surface area contributed by atoms with E-state index in [4.69, 9.17) is 10.8 Å². The van der Waals surface area contributed by atoms with E-state index in [0.29, 0.717) is 22.3 Å². The molecule has 19 heavy (non-hydrogen) atoms. The summed E-state index contributed by atoms with van der Waals surface area (Å²) >= 11 is 3.29. The highest BCUT2D eigenvalue weighted by molar-refractivity contribution is 9.10. The smallest absolute Gasteiger partial charge is 0.305 e. The van der Waals surface area contributed by atoms with E-state index in [1.54, 1.807) is 23.1 Å². The summed E-state index contributed by atoms with van der Waals surface area (Å²) in [6.45, 7) is 0.610. The molecule has 0 aromatic heterocycles. The number of carboxylic acids is 1. The number of nitrogen functional groups attached to an aromatic ring is 1. The lowest BCUT2D eigenvalue weighted by molar-refractivity contribution is -0.137. The van der Waals surface area contributed by atoms with Crippen molar-refractivity contribution >= 4 is 33.5 Å². The zero-order valence-electron chi connectivity index (χ0n) is 10.3. The number of nitrogens with two attached hydrogens (primary N) is 1. The average molecular weight is 327 g/mol. The maximum atomic E-state index is 12.4. The van der Waals surface area contributed by atoms with Gasteiger partial charge in [-0.25, -0.2) is 0 Å². The lowest BCUT2D eigenvalue weighted by Crippen LogP contribution is -2.36. The first-order valence-electron chi connectivity index (χ1n) is 6.07. The number of carboxylic acid groups (broad SMARTS) is 1. The number of hydrogen-bond acceptors (Lipinski definition) is 3. The zero-order valence-corrected chi connectivity index (χ0v) is 11.9. The Bertz CT molecular complexity index is 519. The van der Waals surface area contributed by atoms with Gasteiger partial charge in [0.25, 0.3) is 5.91 Å². The van der Waals surface area contributed by atoms with Gasteiger partial charge in [0.15, 0.2) is 0 Å². The number of benzene rings is 1. The van der Waals surface area contributed by atoms with Crippen LogP contribution in [-0.2, 0) is 4.79 Å². The second-order valence-electron chi connectivity index (χ2n) is 4.63. The van der Waals surface area contributed by atoms with Gasteiger partial charge in [0.05, 0.1) is 6.42 Å². The van der Waals surface area contributed by atoms with E-state index in [-0.39, 0.29) is 18.4 Å². The summed E-state index contributed by atoms with van der Waals surface area (Å²) in [6.07, 6.45) is 1.59. The van der Waals surface area contributed by atoms with Crippen molar-refractivity contribution in [2.24, 2.45) is 0 Å². The van der Waals surface area contributed by atoms with Crippen LogP contribution < -0.4 is 5.73 Å². The molecule has 0 radical (unpaired) electrons. The summed E-state index contributed by atoms with van der Waals surface area (Å²) in [7, 11) is 0. The summed E-state index contributed by atoms with van der Waals surface area (Å²) in [5, 5.41) is 8.86. The molecule has 1 heterocycles. The molecule has 5 nitrogen and oxygen atoms in total. The monoisotopic (exact) mass is 326 g/mol. The van der Waals surface area contributed by atoms with Crippen molar-refractivity contribution in [1.29, 1.82) is 0 Å². The van der Waals surface area contributed by atoms with Gasteiger partial charge in [-0.15, -0.1) is 0 Å². The number of amides is 1. The van der Waals surface area contributed by atoms with Gasteiger partial charge in [-0.2, -0.15) is 0 Å². The van der Waals surface area contributed by atoms with Crippen molar-refractivity contribution in [3.05, 3.63) is 28.2 Å². The van der Waals surface area contributed by atoms with Crippen LogP contribution in [0.15, 0.2) is 22.7 Å². The van der Waals surface area contributed by atoms with E-state index in [1.165, 1.54) is 0 Å². The Balaban J connectivity index is 2.18. The third-order valence-corrected chi connectivity index (χ3v) is 3.98. The Morgan fingerprint density at radius 1 is 1.47 bits per heavy atom. The topological polar surface area (TPSA) is 83.6 Å². The van der Waals surface area contributed by atoms with Crippen LogP contribution in [0.25, 0.3) is 0 Å². The van der Waals surface area contributed by atoms with E-state index in [0.717, 1.165) is 12.8 Å². The van der Waals surface area contributed by atoms with E-state index < -0.39 is 5.97 Å². The molecule has 1 atom stereocenters. The van der Waals surface area contributed by atoms with Crippen molar-refractivity contribution in [2.45, 2.75) is 25.3 Å². The van der Waals surface area contributed by atoms with Crippen LogP contribution in [0, 0.1) is 0 Å².